The minimum Gasteiger partial charge on any atom is -0.444 e. The number of rotatable bonds is 8. The van der Waals surface area contributed by atoms with Crippen LogP contribution in [0, 0.1) is 5.92 Å². The summed E-state index contributed by atoms with van der Waals surface area (Å²) in [6.45, 7) is 5.72. The number of anilines is 2. The van der Waals surface area contributed by atoms with Crippen LogP contribution in [-0.2, 0) is 28.3 Å². The molecule has 4 rings (SSSR count). The maximum absolute atomic E-state index is 14.0. The number of carbonyl (C=O) groups is 2. The summed E-state index contributed by atoms with van der Waals surface area (Å²) in [5, 5.41) is 14.9. The summed E-state index contributed by atoms with van der Waals surface area (Å²) in [5.74, 6) is -2.03. The predicted molar refractivity (Wildman–Crippen MR) is 156 cm³/mol. The Morgan fingerprint density at radius 3 is 2.17 bits per heavy atom. The number of halogens is 6. The Hall–Kier alpha value is -3.82. The monoisotopic (exact) mass is 660 g/mol. The molecule has 1 aromatic heterocycles. The Morgan fingerprint density at radius 2 is 1.61 bits per heavy atom. The Kier molecular flexibility index (Phi) is 10.6. The molecule has 0 aliphatic carbocycles. The molecule has 2 aliphatic rings. The normalized spacial score (nSPS) is 19.7. The van der Waals surface area contributed by atoms with Crippen molar-refractivity contribution in [3.05, 3.63) is 47.3 Å². The third-order valence-corrected chi connectivity index (χ3v) is 7.76. The van der Waals surface area contributed by atoms with E-state index in [9.17, 15) is 41.0 Å². The zero-order valence-electron chi connectivity index (χ0n) is 25.7. The minimum absolute atomic E-state index is 0.0217. The zero-order chi connectivity index (χ0) is 33.9. The van der Waals surface area contributed by atoms with Crippen molar-refractivity contribution in [1.82, 2.24) is 20.6 Å². The molecule has 0 spiro atoms. The van der Waals surface area contributed by atoms with Crippen LogP contribution in [0.4, 0.5) is 42.8 Å². The molecule has 254 valence electrons. The molecule has 2 atom stereocenters. The van der Waals surface area contributed by atoms with Crippen molar-refractivity contribution in [3.63, 3.8) is 0 Å². The molecule has 2 aliphatic heterocycles. The van der Waals surface area contributed by atoms with Gasteiger partial charge in [0.15, 0.2) is 0 Å². The van der Waals surface area contributed by atoms with Gasteiger partial charge in [-0.25, -0.2) is 14.8 Å². The number of carbonyl (C=O) groups excluding carboxylic acids is 2. The molecule has 46 heavy (non-hydrogen) atoms. The first-order chi connectivity index (χ1) is 21.4. The number of ether oxygens (including phenoxy) is 1. The molecule has 2 fully saturated rings. The van der Waals surface area contributed by atoms with Gasteiger partial charge in [-0.3, -0.25) is 4.79 Å². The van der Waals surface area contributed by atoms with Gasteiger partial charge in [-0.2, -0.15) is 26.3 Å². The lowest BCUT2D eigenvalue weighted by molar-refractivity contribution is -0.144. The summed E-state index contributed by atoms with van der Waals surface area (Å²) in [4.78, 5) is 36.6. The number of aliphatic hydroxyl groups excluding tert-OH is 1. The van der Waals surface area contributed by atoms with E-state index in [0.717, 1.165) is 12.1 Å². The van der Waals surface area contributed by atoms with Crippen molar-refractivity contribution in [2.45, 2.75) is 76.5 Å². The smallest absolute Gasteiger partial charge is 0.444 e. The van der Waals surface area contributed by atoms with Gasteiger partial charge in [0.25, 0.3) is 0 Å². The molecule has 0 bridgehead atoms. The number of benzene rings is 1. The number of amides is 2. The Labute approximate surface area is 262 Å². The fraction of sp³-hybridized carbons (Fsp3) is 0.600. The van der Waals surface area contributed by atoms with Crippen LogP contribution < -0.4 is 20.4 Å². The molecule has 2 saturated heterocycles. The fourth-order valence-corrected chi connectivity index (χ4v) is 5.43. The van der Waals surface area contributed by atoms with E-state index in [1.165, 1.54) is 23.1 Å². The van der Waals surface area contributed by atoms with Crippen LogP contribution in [0.25, 0.3) is 0 Å². The van der Waals surface area contributed by atoms with Gasteiger partial charge in [-0.15, -0.1) is 0 Å². The molecular formula is C30H38F6N6O4. The zero-order valence-corrected chi connectivity index (χ0v) is 25.7. The van der Waals surface area contributed by atoms with Crippen molar-refractivity contribution in [3.8, 4) is 0 Å². The number of alkyl halides is 6. The van der Waals surface area contributed by atoms with Crippen LogP contribution in [0.3, 0.4) is 0 Å². The first kappa shape index (κ1) is 35.0. The highest BCUT2D eigenvalue weighted by Crippen LogP contribution is 2.34. The highest BCUT2D eigenvalue weighted by molar-refractivity contribution is 5.86. The van der Waals surface area contributed by atoms with E-state index in [2.05, 4.69) is 20.6 Å². The van der Waals surface area contributed by atoms with Gasteiger partial charge in [-0.05, 0) is 70.1 Å². The second-order valence-electron chi connectivity index (χ2n) is 12.5. The number of nitrogens with one attached hydrogen (secondary N) is 2. The lowest BCUT2D eigenvalue weighted by Gasteiger charge is -2.33. The molecule has 1 unspecified atom stereocenters. The molecule has 3 N–H and O–H groups in total. The molecule has 0 saturated carbocycles. The van der Waals surface area contributed by atoms with E-state index in [0.29, 0.717) is 31.5 Å². The van der Waals surface area contributed by atoms with Crippen molar-refractivity contribution >= 4 is 23.6 Å². The van der Waals surface area contributed by atoms with Crippen molar-refractivity contribution in [2.24, 2.45) is 5.92 Å². The predicted octanol–water partition coefficient (Wildman–Crippen LogP) is 4.55. The molecule has 0 radical (unpaired) electrons. The second-order valence-corrected chi connectivity index (χ2v) is 12.5. The standard InChI is InChI=1S/C30H38F6N6O4/c1-28(2,3)46-27(45)38-21-14-22(25(44)37-11-8-18-4-6-20(7-5-18)29(31,32)33)42(16-21)24-15-23(39-26(40-24)30(34,35)36)41-12-9-19(17-43)10-13-41/h4-7,15,19,21-22,43H,8-14,16-17H2,1-3H3,(H,37,44)(H,38,45)/t21-,22?/m1/s1. The number of alkyl carbamates (subject to hydrolysis) is 1. The number of nitrogens with zero attached hydrogens (tertiary/aromatic N) is 4. The van der Waals surface area contributed by atoms with Gasteiger partial charge < -0.3 is 30.3 Å². The number of piperidine rings is 1. The van der Waals surface area contributed by atoms with Gasteiger partial charge in [-0.1, -0.05) is 12.1 Å². The highest BCUT2D eigenvalue weighted by Gasteiger charge is 2.42. The van der Waals surface area contributed by atoms with Gasteiger partial charge in [0.05, 0.1) is 11.6 Å². The summed E-state index contributed by atoms with van der Waals surface area (Å²) in [6.07, 6.45) is -8.78. The lowest BCUT2D eigenvalue weighted by Crippen LogP contribution is -2.44. The number of aliphatic hydroxyl groups is 1. The molecular weight excluding hydrogens is 622 g/mol. The Morgan fingerprint density at radius 1 is 0.978 bits per heavy atom. The topological polar surface area (TPSA) is 120 Å². The lowest BCUT2D eigenvalue weighted by atomic mass is 9.98. The number of hydrogen-bond acceptors (Lipinski definition) is 8. The van der Waals surface area contributed by atoms with Crippen LogP contribution in [0.5, 0.6) is 0 Å². The molecule has 2 aromatic rings. The van der Waals surface area contributed by atoms with E-state index >= 15 is 0 Å². The van der Waals surface area contributed by atoms with Gasteiger partial charge >= 0.3 is 18.4 Å². The van der Waals surface area contributed by atoms with Crippen LogP contribution in [0.15, 0.2) is 30.3 Å². The van der Waals surface area contributed by atoms with Crippen LogP contribution in [0.2, 0.25) is 0 Å². The van der Waals surface area contributed by atoms with Crippen LogP contribution in [-0.4, -0.2) is 77.5 Å². The van der Waals surface area contributed by atoms with E-state index in [4.69, 9.17) is 4.74 Å². The Balaban J connectivity index is 1.56. The van der Waals surface area contributed by atoms with Crippen molar-refractivity contribution < 1.29 is 45.8 Å². The quantitative estimate of drug-likeness (QED) is 0.353. The summed E-state index contributed by atoms with van der Waals surface area (Å²) >= 11 is 0. The van der Waals surface area contributed by atoms with Crippen LogP contribution in [0.1, 0.15) is 57.0 Å². The van der Waals surface area contributed by atoms with Crippen molar-refractivity contribution in [2.75, 3.05) is 42.6 Å². The van der Waals surface area contributed by atoms with E-state index in [1.807, 2.05) is 0 Å². The summed E-state index contributed by atoms with van der Waals surface area (Å²) in [7, 11) is 0. The van der Waals surface area contributed by atoms with Gasteiger partial charge in [0, 0.05) is 38.9 Å². The average Bonchev–Trinajstić information content (AvgIpc) is 3.39. The Bertz CT molecular complexity index is 1360. The summed E-state index contributed by atoms with van der Waals surface area (Å²) < 4.78 is 86.0. The fourth-order valence-electron chi connectivity index (χ4n) is 5.43. The summed E-state index contributed by atoms with van der Waals surface area (Å²) in [5.41, 5.74) is -1.07. The van der Waals surface area contributed by atoms with E-state index in [1.54, 1.807) is 25.7 Å². The summed E-state index contributed by atoms with van der Waals surface area (Å²) in [6, 6.07) is 4.15. The molecule has 16 heteroatoms. The first-order valence-corrected chi connectivity index (χ1v) is 14.9. The van der Waals surface area contributed by atoms with Gasteiger partial charge in [0.2, 0.25) is 11.7 Å². The van der Waals surface area contributed by atoms with Crippen LogP contribution >= 0.6 is 0 Å². The number of aromatic nitrogens is 2. The molecule has 10 nitrogen and oxygen atoms in total. The molecule has 3 heterocycles. The maximum atomic E-state index is 14.0. The third kappa shape index (κ3) is 9.36. The SMILES string of the molecule is CC(C)(C)OC(=O)N[C@@H]1CC(C(=O)NCCc2ccc(C(F)(F)F)cc2)N(c2cc(N3CCC(CO)CC3)nc(C(F)(F)F)n2)C1. The van der Waals surface area contributed by atoms with Gasteiger partial charge in [0.1, 0.15) is 23.3 Å². The first-order valence-electron chi connectivity index (χ1n) is 14.9. The average molecular weight is 661 g/mol. The highest BCUT2D eigenvalue weighted by atomic mass is 19.4. The van der Waals surface area contributed by atoms with Crippen molar-refractivity contribution in [1.29, 1.82) is 0 Å². The van der Waals surface area contributed by atoms with E-state index < -0.39 is 53.4 Å². The second kappa shape index (κ2) is 13.9. The third-order valence-electron chi connectivity index (χ3n) is 7.76. The van der Waals surface area contributed by atoms with E-state index in [-0.39, 0.29) is 50.1 Å². The maximum Gasteiger partial charge on any atom is 0.451 e. The number of hydrogen-bond donors (Lipinski definition) is 3. The minimum atomic E-state index is -4.89. The largest absolute Gasteiger partial charge is 0.451 e. The molecule has 1 aromatic carbocycles. The molecule has 2 amide bonds.